The van der Waals surface area contributed by atoms with Crippen LogP contribution in [-0.2, 0) is 15.7 Å². The minimum atomic E-state index is -4.51. The first-order chi connectivity index (χ1) is 15.8. The Bertz CT molecular complexity index is 1130. The zero-order chi connectivity index (χ0) is 23.4. The second-order valence-electron chi connectivity index (χ2n) is 7.40. The van der Waals surface area contributed by atoms with Gasteiger partial charge in [0.25, 0.3) is 0 Å². The lowest BCUT2D eigenvalue weighted by Crippen LogP contribution is -2.32. The molecule has 2 aromatic carbocycles. The van der Waals surface area contributed by atoms with Gasteiger partial charge in [0.1, 0.15) is 0 Å². The van der Waals surface area contributed by atoms with Crippen molar-refractivity contribution in [3.8, 4) is 17.1 Å². The molecule has 3 aromatic rings. The third kappa shape index (κ3) is 5.69. The van der Waals surface area contributed by atoms with Crippen LogP contribution in [0.4, 0.5) is 13.2 Å². The summed E-state index contributed by atoms with van der Waals surface area (Å²) < 4.78 is 47.0. The van der Waals surface area contributed by atoms with Crippen LogP contribution in [-0.4, -0.2) is 45.7 Å². The maximum Gasteiger partial charge on any atom is 0.416 e. The molecule has 0 saturated carbocycles. The van der Waals surface area contributed by atoms with Gasteiger partial charge in [-0.2, -0.15) is 13.2 Å². The number of amides is 1. The predicted octanol–water partition coefficient (Wildman–Crippen LogP) is 4.99. The highest BCUT2D eigenvalue weighted by atomic mass is 35.5. The first-order valence-electron chi connectivity index (χ1n) is 10.2. The Labute approximate surface area is 197 Å². The molecule has 0 aliphatic carbocycles. The van der Waals surface area contributed by atoms with Crippen LogP contribution < -0.4 is 5.32 Å². The number of aromatic nitrogens is 3. The van der Waals surface area contributed by atoms with Crippen LogP contribution in [0.5, 0.6) is 0 Å². The maximum absolute atomic E-state index is 13.3. The number of nitrogens with zero attached hydrogens (tertiary/aromatic N) is 3. The highest BCUT2D eigenvalue weighted by Crippen LogP contribution is 2.35. The van der Waals surface area contributed by atoms with Crippen LogP contribution in [0, 0.1) is 0 Å². The lowest BCUT2D eigenvalue weighted by Gasteiger charge is -2.14. The van der Waals surface area contributed by atoms with Crippen molar-refractivity contribution >= 4 is 29.3 Å². The van der Waals surface area contributed by atoms with Crippen LogP contribution >= 0.6 is 23.4 Å². The summed E-state index contributed by atoms with van der Waals surface area (Å²) in [7, 11) is 0. The number of hydrogen-bond acceptors (Lipinski definition) is 5. The van der Waals surface area contributed by atoms with Crippen molar-refractivity contribution in [1.29, 1.82) is 0 Å². The molecule has 1 aliphatic heterocycles. The van der Waals surface area contributed by atoms with Crippen molar-refractivity contribution in [2.24, 2.45) is 0 Å². The van der Waals surface area contributed by atoms with Gasteiger partial charge >= 0.3 is 6.18 Å². The molecule has 4 rings (SSSR count). The summed E-state index contributed by atoms with van der Waals surface area (Å²) in [6.07, 6.45) is -2.62. The van der Waals surface area contributed by atoms with E-state index in [1.165, 1.54) is 16.7 Å². The molecular weight excluding hydrogens is 477 g/mol. The number of carbonyl (C=O) groups excluding carboxylic acids is 1. The Hall–Kier alpha value is -2.56. The number of halogens is 4. The SMILES string of the molecule is O=C(CSc1nnc(-c2ccccc2Cl)n1-c1cccc(C(F)(F)F)c1)NCC1CCCO1. The topological polar surface area (TPSA) is 69.0 Å². The standard InChI is InChI=1S/C22H20ClF3N4O2S/c23-18-9-2-1-8-17(18)20-28-29-21(33-13-19(31)27-12-16-7-4-10-32-16)30(20)15-6-3-5-14(11-15)22(24,25)26/h1-3,5-6,8-9,11,16H,4,7,10,12-13H2,(H,27,31). The summed E-state index contributed by atoms with van der Waals surface area (Å²) in [4.78, 5) is 12.3. The fraction of sp³-hybridized carbons (Fsp3) is 0.318. The fourth-order valence-electron chi connectivity index (χ4n) is 3.45. The molecule has 6 nitrogen and oxygen atoms in total. The average Bonchev–Trinajstić information content (AvgIpc) is 3.46. The molecule has 0 radical (unpaired) electrons. The summed E-state index contributed by atoms with van der Waals surface area (Å²) in [5.74, 6) is 0.0716. The minimum Gasteiger partial charge on any atom is -0.376 e. The number of carbonyl (C=O) groups is 1. The average molecular weight is 497 g/mol. The van der Waals surface area contributed by atoms with Gasteiger partial charge in [0, 0.05) is 18.7 Å². The summed E-state index contributed by atoms with van der Waals surface area (Å²) >= 11 is 7.40. The molecule has 1 aliphatic rings. The van der Waals surface area contributed by atoms with Gasteiger partial charge in [0.2, 0.25) is 5.91 Å². The van der Waals surface area contributed by atoms with Gasteiger partial charge in [0.15, 0.2) is 11.0 Å². The summed E-state index contributed by atoms with van der Waals surface area (Å²) in [6.45, 7) is 1.12. The zero-order valence-corrected chi connectivity index (χ0v) is 18.9. The first kappa shape index (κ1) is 23.6. The molecule has 1 unspecified atom stereocenters. The van der Waals surface area contributed by atoms with Crippen molar-refractivity contribution in [2.75, 3.05) is 18.9 Å². The molecule has 174 valence electrons. The van der Waals surface area contributed by atoms with Gasteiger partial charge < -0.3 is 10.1 Å². The number of benzene rings is 2. The number of hydrogen-bond donors (Lipinski definition) is 1. The third-order valence-corrected chi connectivity index (χ3v) is 6.32. The van der Waals surface area contributed by atoms with Crippen LogP contribution in [0.25, 0.3) is 17.1 Å². The lowest BCUT2D eigenvalue weighted by atomic mass is 10.1. The van der Waals surface area contributed by atoms with Gasteiger partial charge in [-0.05, 0) is 43.2 Å². The molecule has 1 atom stereocenters. The zero-order valence-electron chi connectivity index (χ0n) is 17.3. The van der Waals surface area contributed by atoms with Gasteiger partial charge in [-0.15, -0.1) is 10.2 Å². The number of thioether (sulfide) groups is 1. The van der Waals surface area contributed by atoms with Crippen LogP contribution in [0.3, 0.4) is 0 Å². The number of ether oxygens (including phenoxy) is 1. The van der Waals surface area contributed by atoms with Crippen LogP contribution in [0.2, 0.25) is 5.02 Å². The minimum absolute atomic E-state index is 0.0135. The second kappa shape index (κ2) is 10.1. The van der Waals surface area contributed by atoms with Crippen LogP contribution in [0.1, 0.15) is 18.4 Å². The molecule has 0 spiro atoms. The van der Waals surface area contributed by atoms with Crippen molar-refractivity contribution in [3.05, 3.63) is 59.1 Å². The highest BCUT2D eigenvalue weighted by molar-refractivity contribution is 7.99. The largest absolute Gasteiger partial charge is 0.416 e. The van der Waals surface area contributed by atoms with E-state index in [2.05, 4.69) is 15.5 Å². The van der Waals surface area contributed by atoms with E-state index >= 15 is 0 Å². The third-order valence-electron chi connectivity index (χ3n) is 5.06. The van der Waals surface area contributed by atoms with E-state index in [0.717, 1.165) is 36.7 Å². The molecule has 1 aromatic heterocycles. The normalized spacial score (nSPS) is 16.2. The van der Waals surface area contributed by atoms with E-state index < -0.39 is 11.7 Å². The molecule has 0 bridgehead atoms. The monoisotopic (exact) mass is 496 g/mol. The Morgan fingerprint density at radius 1 is 1.21 bits per heavy atom. The van der Waals surface area contributed by atoms with Gasteiger partial charge in [-0.25, -0.2) is 0 Å². The summed E-state index contributed by atoms with van der Waals surface area (Å²) in [6, 6.07) is 11.7. The maximum atomic E-state index is 13.3. The molecule has 33 heavy (non-hydrogen) atoms. The highest BCUT2D eigenvalue weighted by Gasteiger charge is 2.31. The summed E-state index contributed by atoms with van der Waals surface area (Å²) in [5, 5.41) is 11.8. The Morgan fingerprint density at radius 2 is 2.03 bits per heavy atom. The van der Waals surface area contributed by atoms with E-state index in [-0.39, 0.29) is 34.4 Å². The molecule has 11 heteroatoms. The molecule has 1 saturated heterocycles. The first-order valence-corrected chi connectivity index (χ1v) is 11.6. The van der Waals surface area contributed by atoms with E-state index in [0.29, 0.717) is 23.7 Å². The van der Waals surface area contributed by atoms with Crippen molar-refractivity contribution in [2.45, 2.75) is 30.3 Å². The Balaban J connectivity index is 1.62. The fourth-order valence-corrected chi connectivity index (χ4v) is 4.45. The lowest BCUT2D eigenvalue weighted by molar-refractivity contribution is -0.137. The molecular formula is C22H20ClF3N4O2S. The molecule has 1 fully saturated rings. The van der Waals surface area contributed by atoms with Crippen molar-refractivity contribution in [3.63, 3.8) is 0 Å². The van der Waals surface area contributed by atoms with E-state index in [9.17, 15) is 18.0 Å². The molecule has 2 heterocycles. The number of nitrogens with one attached hydrogen (secondary N) is 1. The number of alkyl halides is 3. The number of rotatable bonds is 7. The van der Waals surface area contributed by atoms with Crippen molar-refractivity contribution < 1.29 is 22.7 Å². The smallest absolute Gasteiger partial charge is 0.376 e. The quantitative estimate of drug-likeness (QED) is 0.466. The Kier molecular flexibility index (Phi) is 7.26. The van der Waals surface area contributed by atoms with Gasteiger partial charge in [-0.3, -0.25) is 9.36 Å². The van der Waals surface area contributed by atoms with Gasteiger partial charge in [0.05, 0.1) is 28.1 Å². The van der Waals surface area contributed by atoms with Gasteiger partial charge in [-0.1, -0.05) is 41.6 Å². The van der Waals surface area contributed by atoms with E-state index in [4.69, 9.17) is 16.3 Å². The van der Waals surface area contributed by atoms with Crippen LogP contribution in [0.15, 0.2) is 53.7 Å². The van der Waals surface area contributed by atoms with E-state index in [1.807, 2.05) is 0 Å². The van der Waals surface area contributed by atoms with Crippen molar-refractivity contribution in [1.82, 2.24) is 20.1 Å². The molecule has 1 amide bonds. The summed E-state index contributed by atoms with van der Waals surface area (Å²) in [5.41, 5.74) is -0.0742. The predicted molar refractivity (Wildman–Crippen MR) is 120 cm³/mol. The van der Waals surface area contributed by atoms with E-state index in [1.54, 1.807) is 24.3 Å². The Morgan fingerprint density at radius 3 is 2.76 bits per heavy atom. The second-order valence-corrected chi connectivity index (χ2v) is 8.75. The molecule has 1 N–H and O–H groups in total.